The van der Waals surface area contributed by atoms with Gasteiger partial charge in [-0.25, -0.2) is 4.98 Å². The highest BCUT2D eigenvalue weighted by Gasteiger charge is 2.11. The van der Waals surface area contributed by atoms with E-state index in [4.69, 9.17) is 5.73 Å². The molecule has 1 heterocycles. The van der Waals surface area contributed by atoms with E-state index in [9.17, 15) is 0 Å². The fraction of sp³-hybridized carbons (Fsp3) is 0.200. The predicted octanol–water partition coefficient (Wildman–Crippen LogP) is 1.81. The number of benzene rings is 1. The minimum Gasteiger partial charge on any atom is -0.321 e. The van der Waals surface area contributed by atoms with Gasteiger partial charge in [0.05, 0.1) is 6.04 Å². The number of nitrogens with one attached hydrogen (secondary N) is 1. The Morgan fingerprint density at radius 1 is 1.40 bits per heavy atom. The van der Waals surface area contributed by atoms with E-state index in [2.05, 4.69) is 31.1 Å². The molecular formula is C10H11BrN4. The summed E-state index contributed by atoms with van der Waals surface area (Å²) in [7, 11) is 0. The molecule has 0 aliphatic heterocycles. The van der Waals surface area contributed by atoms with E-state index in [1.54, 1.807) is 0 Å². The van der Waals surface area contributed by atoms with Gasteiger partial charge < -0.3 is 5.73 Å². The average molecular weight is 267 g/mol. The summed E-state index contributed by atoms with van der Waals surface area (Å²) < 4.78 is 1.07. The number of aromatic amines is 1. The minimum absolute atomic E-state index is 0.147. The fourth-order valence-electron chi connectivity index (χ4n) is 1.39. The summed E-state index contributed by atoms with van der Waals surface area (Å²) >= 11 is 3.49. The molecule has 3 N–H and O–H groups in total. The second-order valence-electron chi connectivity index (χ2n) is 3.27. The first-order chi connectivity index (χ1) is 7.27. The Labute approximate surface area is 96.0 Å². The summed E-state index contributed by atoms with van der Waals surface area (Å²) in [6.45, 7) is 0. The van der Waals surface area contributed by atoms with Crippen LogP contribution in [0.15, 0.2) is 35.1 Å². The second-order valence-corrected chi connectivity index (χ2v) is 4.13. The Morgan fingerprint density at radius 2 is 2.20 bits per heavy atom. The van der Waals surface area contributed by atoms with Crippen molar-refractivity contribution >= 4 is 15.9 Å². The number of aromatic nitrogens is 3. The number of rotatable bonds is 3. The second kappa shape index (κ2) is 4.55. The molecule has 1 aromatic carbocycles. The smallest absolute Gasteiger partial charge is 0.141 e. The number of nitrogens with two attached hydrogens (primary N) is 1. The summed E-state index contributed by atoms with van der Waals surface area (Å²) in [5, 5.41) is 6.55. The first-order valence-corrected chi connectivity index (χ1v) is 5.41. The summed E-state index contributed by atoms with van der Waals surface area (Å²) in [5.74, 6) is 0.714. The Morgan fingerprint density at radius 3 is 2.87 bits per heavy atom. The maximum Gasteiger partial charge on any atom is 0.141 e. The van der Waals surface area contributed by atoms with Gasteiger partial charge >= 0.3 is 0 Å². The molecule has 1 aromatic heterocycles. The molecule has 78 valence electrons. The molecule has 1 atom stereocenters. The number of hydrogen-bond acceptors (Lipinski definition) is 3. The van der Waals surface area contributed by atoms with Gasteiger partial charge in [-0.05, 0) is 18.1 Å². The lowest BCUT2D eigenvalue weighted by atomic mass is 10.1. The third-order valence-electron chi connectivity index (χ3n) is 2.18. The zero-order chi connectivity index (χ0) is 10.7. The lowest BCUT2D eigenvalue weighted by Crippen LogP contribution is -2.15. The molecule has 5 heteroatoms. The summed E-state index contributed by atoms with van der Waals surface area (Å²) in [4.78, 5) is 4.04. The van der Waals surface area contributed by atoms with Crippen LogP contribution in [0.25, 0.3) is 0 Å². The highest BCUT2D eigenvalue weighted by Crippen LogP contribution is 2.20. The topological polar surface area (TPSA) is 67.6 Å². The van der Waals surface area contributed by atoms with E-state index in [1.165, 1.54) is 11.9 Å². The Hall–Kier alpha value is -1.20. The quantitative estimate of drug-likeness (QED) is 0.891. The lowest BCUT2D eigenvalue weighted by molar-refractivity contribution is 0.669. The van der Waals surface area contributed by atoms with Gasteiger partial charge in [0.1, 0.15) is 12.2 Å². The van der Waals surface area contributed by atoms with Crippen LogP contribution in [0.1, 0.15) is 17.4 Å². The van der Waals surface area contributed by atoms with E-state index in [-0.39, 0.29) is 6.04 Å². The molecule has 0 aliphatic carbocycles. The van der Waals surface area contributed by atoms with Gasteiger partial charge in [-0.1, -0.05) is 34.1 Å². The Kier molecular flexibility index (Phi) is 3.13. The summed E-state index contributed by atoms with van der Waals surface area (Å²) in [6.07, 6.45) is 2.20. The largest absolute Gasteiger partial charge is 0.321 e. The van der Waals surface area contributed by atoms with Crippen molar-refractivity contribution in [2.45, 2.75) is 12.5 Å². The van der Waals surface area contributed by atoms with Gasteiger partial charge in [-0.2, -0.15) is 5.10 Å². The van der Waals surface area contributed by atoms with Gasteiger partial charge in [0.2, 0.25) is 0 Å². The summed E-state index contributed by atoms with van der Waals surface area (Å²) in [6, 6.07) is 7.87. The van der Waals surface area contributed by atoms with Crippen LogP contribution in [0.5, 0.6) is 0 Å². The maximum absolute atomic E-state index is 5.99. The SMILES string of the molecule is NC(Cc1ccccc1Br)c1ncn[nH]1. The van der Waals surface area contributed by atoms with E-state index in [1.807, 2.05) is 24.3 Å². The summed E-state index contributed by atoms with van der Waals surface area (Å²) in [5.41, 5.74) is 7.15. The minimum atomic E-state index is -0.147. The molecule has 2 aromatic rings. The van der Waals surface area contributed by atoms with Crippen molar-refractivity contribution in [1.82, 2.24) is 15.2 Å². The number of nitrogens with zero attached hydrogens (tertiary/aromatic N) is 2. The molecule has 0 saturated carbocycles. The third kappa shape index (κ3) is 2.43. The van der Waals surface area contributed by atoms with E-state index >= 15 is 0 Å². The first-order valence-electron chi connectivity index (χ1n) is 4.61. The zero-order valence-electron chi connectivity index (χ0n) is 8.02. The molecule has 0 radical (unpaired) electrons. The van der Waals surface area contributed by atoms with Gasteiger partial charge in [0, 0.05) is 4.47 Å². The molecule has 0 saturated heterocycles. The van der Waals surface area contributed by atoms with Crippen molar-refractivity contribution in [1.29, 1.82) is 0 Å². The number of halogens is 1. The van der Waals surface area contributed by atoms with Gasteiger partial charge in [-0.3, -0.25) is 5.10 Å². The molecule has 2 rings (SSSR count). The highest BCUT2D eigenvalue weighted by molar-refractivity contribution is 9.10. The highest BCUT2D eigenvalue weighted by atomic mass is 79.9. The molecule has 1 unspecified atom stereocenters. The number of H-pyrrole nitrogens is 1. The Balaban J connectivity index is 2.13. The molecule has 15 heavy (non-hydrogen) atoms. The van der Waals surface area contributed by atoms with Crippen LogP contribution in [0, 0.1) is 0 Å². The fourth-order valence-corrected chi connectivity index (χ4v) is 1.84. The third-order valence-corrected chi connectivity index (χ3v) is 2.96. The molecular weight excluding hydrogens is 256 g/mol. The van der Waals surface area contributed by atoms with Crippen LogP contribution >= 0.6 is 15.9 Å². The van der Waals surface area contributed by atoms with Crippen molar-refractivity contribution in [3.8, 4) is 0 Å². The van der Waals surface area contributed by atoms with Crippen molar-refractivity contribution in [2.75, 3.05) is 0 Å². The Bertz CT molecular complexity index is 427. The lowest BCUT2D eigenvalue weighted by Gasteiger charge is -2.09. The van der Waals surface area contributed by atoms with E-state index in [0.717, 1.165) is 10.9 Å². The average Bonchev–Trinajstić information content (AvgIpc) is 2.74. The van der Waals surface area contributed by atoms with Crippen LogP contribution < -0.4 is 5.73 Å². The van der Waals surface area contributed by atoms with E-state index < -0.39 is 0 Å². The first kappa shape index (κ1) is 10.3. The van der Waals surface area contributed by atoms with Gasteiger partial charge in [-0.15, -0.1) is 0 Å². The van der Waals surface area contributed by atoms with Gasteiger partial charge in [0.25, 0.3) is 0 Å². The van der Waals surface area contributed by atoms with Crippen LogP contribution in [0.4, 0.5) is 0 Å². The zero-order valence-corrected chi connectivity index (χ0v) is 9.61. The van der Waals surface area contributed by atoms with Gasteiger partial charge in [0.15, 0.2) is 0 Å². The predicted molar refractivity (Wildman–Crippen MR) is 61.2 cm³/mol. The standard InChI is InChI=1S/C10H11BrN4/c11-8-4-2-1-3-7(8)5-9(12)10-13-6-14-15-10/h1-4,6,9H,5,12H2,(H,13,14,15). The van der Waals surface area contributed by atoms with Crippen molar-refractivity contribution in [3.63, 3.8) is 0 Å². The molecule has 0 aliphatic rings. The number of hydrogen-bond donors (Lipinski definition) is 2. The monoisotopic (exact) mass is 266 g/mol. The maximum atomic E-state index is 5.99. The van der Waals surface area contributed by atoms with Crippen LogP contribution in [-0.4, -0.2) is 15.2 Å². The van der Waals surface area contributed by atoms with E-state index in [0.29, 0.717) is 5.82 Å². The normalized spacial score (nSPS) is 12.7. The molecule has 4 nitrogen and oxygen atoms in total. The van der Waals surface area contributed by atoms with Crippen molar-refractivity contribution in [2.24, 2.45) is 5.73 Å². The van der Waals surface area contributed by atoms with Crippen molar-refractivity contribution in [3.05, 3.63) is 46.5 Å². The van der Waals surface area contributed by atoms with Crippen LogP contribution in [-0.2, 0) is 6.42 Å². The molecule has 0 spiro atoms. The van der Waals surface area contributed by atoms with Crippen LogP contribution in [0.3, 0.4) is 0 Å². The van der Waals surface area contributed by atoms with Crippen molar-refractivity contribution < 1.29 is 0 Å². The molecule has 0 bridgehead atoms. The molecule has 0 amide bonds. The van der Waals surface area contributed by atoms with Crippen LogP contribution in [0.2, 0.25) is 0 Å². The molecule has 0 fully saturated rings.